The van der Waals surface area contributed by atoms with Crippen LogP contribution in [0.2, 0.25) is 0 Å². The highest BCUT2D eigenvalue weighted by Crippen LogP contribution is 2.16. The summed E-state index contributed by atoms with van der Waals surface area (Å²) in [5.74, 6) is 0.0957. The molecule has 0 radical (unpaired) electrons. The number of carbonyl (C=O) groups excluding carboxylic acids is 1. The second-order valence-corrected chi connectivity index (χ2v) is 4.95. The van der Waals surface area contributed by atoms with Gasteiger partial charge in [-0.1, -0.05) is 30.3 Å². The Kier molecular flexibility index (Phi) is 4.65. The van der Waals surface area contributed by atoms with Crippen molar-refractivity contribution in [2.45, 2.75) is 19.3 Å². The molecule has 0 unspecified atom stereocenters. The number of hydrogen-bond donors (Lipinski definition) is 0. The Bertz CT molecular complexity index is 525. The third-order valence-corrected chi connectivity index (χ3v) is 3.37. The maximum Gasteiger partial charge on any atom is 0.182 e. The molecule has 1 aromatic heterocycles. The van der Waals surface area contributed by atoms with Gasteiger partial charge in [0.1, 0.15) is 5.69 Å². The van der Waals surface area contributed by atoms with E-state index in [-0.39, 0.29) is 5.78 Å². The number of aromatic nitrogens is 1. The summed E-state index contributed by atoms with van der Waals surface area (Å²) in [4.78, 5) is 16.1. The number of nitrogens with zero attached hydrogens (tertiary/aromatic N) is 1. The zero-order chi connectivity index (χ0) is 12.8. The average molecular weight is 304 g/mol. The van der Waals surface area contributed by atoms with Gasteiger partial charge in [0, 0.05) is 17.1 Å². The SMILES string of the molecule is O=C(CCCc1ccccc1)c1ncccc1Br. The standard InChI is InChI=1S/C15H14BrNO/c16-13-9-5-11-17-15(13)14(18)10-4-8-12-6-2-1-3-7-12/h1-3,5-7,9,11H,4,8,10H2. The first-order chi connectivity index (χ1) is 8.77. The van der Waals surface area contributed by atoms with Gasteiger partial charge in [-0.15, -0.1) is 0 Å². The van der Waals surface area contributed by atoms with E-state index in [9.17, 15) is 4.79 Å². The van der Waals surface area contributed by atoms with Crippen LogP contribution in [0.25, 0.3) is 0 Å². The molecule has 0 spiro atoms. The van der Waals surface area contributed by atoms with Gasteiger partial charge >= 0.3 is 0 Å². The minimum atomic E-state index is 0.0957. The first-order valence-corrected chi connectivity index (χ1v) is 6.74. The van der Waals surface area contributed by atoms with Crippen LogP contribution in [-0.4, -0.2) is 10.8 Å². The van der Waals surface area contributed by atoms with Gasteiger partial charge in [0.15, 0.2) is 5.78 Å². The van der Waals surface area contributed by atoms with Crippen LogP contribution in [0.15, 0.2) is 53.1 Å². The summed E-state index contributed by atoms with van der Waals surface area (Å²) in [6, 6.07) is 13.9. The van der Waals surface area contributed by atoms with Crippen LogP contribution in [-0.2, 0) is 6.42 Å². The summed E-state index contributed by atoms with van der Waals surface area (Å²) in [5, 5.41) is 0. The molecular formula is C15H14BrNO. The summed E-state index contributed by atoms with van der Waals surface area (Å²) in [6.45, 7) is 0. The highest BCUT2D eigenvalue weighted by atomic mass is 79.9. The highest BCUT2D eigenvalue weighted by Gasteiger charge is 2.10. The molecule has 0 atom stereocenters. The van der Waals surface area contributed by atoms with E-state index in [1.165, 1.54) is 5.56 Å². The molecular weight excluding hydrogens is 290 g/mol. The molecule has 0 saturated heterocycles. The number of pyridine rings is 1. The molecule has 0 aliphatic rings. The molecule has 0 fully saturated rings. The van der Waals surface area contributed by atoms with Crippen molar-refractivity contribution in [3.05, 3.63) is 64.4 Å². The lowest BCUT2D eigenvalue weighted by molar-refractivity contribution is 0.0974. The van der Waals surface area contributed by atoms with Gasteiger partial charge in [0.05, 0.1) is 0 Å². The third-order valence-electron chi connectivity index (χ3n) is 2.73. The number of aryl methyl sites for hydroxylation is 1. The fourth-order valence-corrected chi connectivity index (χ4v) is 2.28. The van der Waals surface area contributed by atoms with E-state index in [0.29, 0.717) is 12.1 Å². The molecule has 0 saturated carbocycles. The fraction of sp³-hybridized carbons (Fsp3) is 0.200. The van der Waals surface area contributed by atoms with Gasteiger partial charge in [-0.25, -0.2) is 0 Å². The second-order valence-electron chi connectivity index (χ2n) is 4.10. The van der Waals surface area contributed by atoms with E-state index < -0.39 is 0 Å². The predicted molar refractivity (Wildman–Crippen MR) is 75.6 cm³/mol. The van der Waals surface area contributed by atoms with E-state index in [4.69, 9.17) is 0 Å². The fourth-order valence-electron chi connectivity index (χ4n) is 1.81. The van der Waals surface area contributed by atoms with Crippen molar-refractivity contribution in [1.82, 2.24) is 4.98 Å². The van der Waals surface area contributed by atoms with Gasteiger partial charge in [-0.2, -0.15) is 0 Å². The van der Waals surface area contributed by atoms with Crippen molar-refractivity contribution < 1.29 is 4.79 Å². The molecule has 2 nitrogen and oxygen atoms in total. The zero-order valence-electron chi connectivity index (χ0n) is 9.97. The van der Waals surface area contributed by atoms with Crippen molar-refractivity contribution in [2.24, 2.45) is 0 Å². The quantitative estimate of drug-likeness (QED) is 0.780. The Balaban J connectivity index is 1.88. The average Bonchev–Trinajstić information content (AvgIpc) is 2.40. The first-order valence-electron chi connectivity index (χ1n) is 5.95. The van der Waals surface area contributed by atoms with Crippen LogP contribution in [0, 0.1) is 0 Å². The minimum Gasteiger partial charge on any atom is -0.292 e. The van der Waals surface area contributed by atoms with Crippen LogP contribution in [0.4, 0.5) is 0 Å². The Morgan fingerprint density at radius 1 is 1.11 bits per heavy atom. The molecule has 1 aromatic carbocycles. The summed E-state index contributed by atoms with van der Waals surface area (Å²) >= 11 is 3.35. The minimum absolute atomic E-state index is 0.0957. The summed E-state index contributed by atoms with van der Waals surface area (Å²) in [5.41, 5.74) is 1.80. The lowest BCUT2D eigenvalue weighted by atomic mass is 10.1. The number of carbonyl (C=O) groups is 1. The number of halogens is 1. The number of benzene rings is 1. The van der Waals surface area contributed by atoms with Crippen molar-refractivity contribution in [3.63, 3.8) is 0 Å². The predicted octanol–water partition coefficient (Wildman–Crippen LogP) is 4.05. The second kappa shape index (κ2) is 6.45. The van der Waals surface area contributed by atoms with E-state index in [1.54, 1.807) is 6.20 Å². The molecule has 0 aliphatic carbocycles. The Morgan fingerprint density at radius 2 is 1.89 bits per heavy atom. The molecule has 0 amide bonds. The number of hydrogen-bond acceptors (Lipinski definition) is 2. The third kappa shape index (κ3) is 3.50. The number of Topliss-reactive ketones (excluding diaryl/α,β-unsaturated/α-hetero) is 1. The monoisotopic (exact) mass is 303 g/mol. The smallest absolute Gasteiger partial charge is 0.182 e. The highest BCUT2D eigenvalue weighted by molar-refractivity contribution is 9.10. The summed E-state index contributed by atoms with van der Waals surface area (Å²) in [7, 11) is 0. The van der Waals surface area contributed by atoms with Crippen LogP contribution in [0.1, 0.15) is 28.9 Å². The van der Waals surface area contributed by atoms with Crippen LogP contribution in [0.5, 0.6) is 0 Å². The Hall–Kier alpha value is -1.48. The molecule has 0 bridgehead atoms. The van der Waals surface area contributed by atoms with E-state index >= 15 is 0 Å². The summed E-state index contributed by atoms with van der Waals surface area (Å²) in [6.07, 6.45) is 3.96. The Labute approximate surface area is 115 Å². The topological polar surface area (TPSA) is 30.0 Å². The maximum atomic E-state index is 12.0. The van der Waals surface area contributed by atoms with Crippen LogP contribution >= 0.6 is 15.9 Å². The number of ketones is 1. The molecule has 18 heavy (non-hydrogen) atoms. The van der Waals surface area contributed by atoms with Gasteiger partial charge < -0.3 is 0 Å². The van der Waals surface area contributed by atoms with E-state index in [2.05, 4.69) is 33.0 Å². The van der Waals surface area contributed by atoms with Crippen molar-refractivity contribution in [2.75, 3.05) is 0 Å². The molecule has 2 aromatic rings. The molecule has 92 valence electrons. The van der Waals surface area contributed by atoms with Crippen LogP contribution < -0.4 is 0 Å². The van der Waals surface area contributed by atoms with Gasteiger partial charge in [0.25, 0.3) is 0 Å². The normalized spacial score (nSPS) is 10.3. The van der Waals surface area contributed by atoms with Crippen molar-refractivity contribution >= 4 is 21.7 Å². The molecule has 0 N–H and O–H groups in total. The lowest BCUT2D eigenvalue weighted by Crippen LogP contribution is -2.03. The maximum absolute atomic E-state index is 12.0. The number of rotatable bonds is 5. The Morgan fingerprint density at radius 3 is 2.61 bits per heavy atom. The van der Waals surface area contributed by atoms with E-state index in [0.717, 1.165) is 17.3 Å². The largest absolute Gasteiger partial charge is 0.292 e. The summed E-state index contributed by atoms with van der Waals surface area (Å²) < 4.78 is 0.773. The van der Waals surface area contributed by atoms with Gasteiger partial charge in [0.2, 0.25) is 0 Å². The molecule has 2 rings (SSSR count). The molecule has 1 heterocycles. The van der Waals surface area contributed by atoms with Gasteiger partial charge in [-0.05, 0) is 46.5 Å². The van der Waals surface area contributed by atoms with Gasteiger partial charge in [-0.3, -0.25) is 9.78 Å². The lowest BCUT2D eigenvalue weighted by Gasteiger charge is -2.03. The molecule has 3 heteroatoms. The van der Waals surface area contributed by atoms with Crippen molar-refractivity contribution in [3.8, 4) is 0 Å². The molecule has 0 aliphatic heterocycles. The first kappa shape index (κ1) is 13.0. The zero-order valence-corrected chi connectivity index (χ0v) is 11.6. The van der Waals surface area contributed by atoms with Crippen LogP contribution in [0.3, 0.4) is 0 Å². The van der Waals surface area contributed by atoms with E-state index in [1.807, 2.05) is 30.3 Å². The van der Waals surface area contributed by atoms with Crippen molar-refractivity contribution in [1.29, 1.82) is 0 Å².